The molecule has 0 saturated heterocycles. The monoisotopic (exact) mass is 258 g/mol. The third-order valence-corrected chi connectivity index (χ3v) is 4.09. The van der Waals surface area contributed by atoms with Crippen LogP contribution in [-0.4, -0.2) is 23.9 Å². The van der Waals surface area contributed by atoms with E-state index in [2.05, 4.69) is 0 Å². The molecule has 19 heavy (non-hydrogen) atoms. The molecule has 2 fully saturated rings. The lowest BCUT2D eigenvalue weighted by molar-refractivity contribution is -0.133. The van der Waals surface area contributed by atoms with E-state index in [-0.39, 0.29) is 5.91 Å². The standard InChI is InChI=1S/C16H22N2O/c17-15(14-4-2-1-3-5-14)16(19)18(10-12-6-7-12)11-13-8-9-13/h1-5,12-13,15H,6-11,17H2/t15-/m1/s1. The molecule has 1 amide bonds. The van der Waals surface area contributed by atoms with Gasteiger partial charge in [0.25, 0.3) is 0 Å². The van der Waals surface area contributed by atoms with Crippen LogP contribution in [0, 0.1) is 11.8 Å². The second-order valence-electron chi connectivity index (χ2n) is 6.02. The zero-order chi connectivity index (χ0) is 13.2. The van der Waals surface area contributed by atoms with Crippen LogP contribution in [0.3, 0.4) is 0 Å². The average molecular weight is 258 g/mol. The van der Waals surface area contributed by atoms with Crippen LogP contribution in [0.15, 0.2) is 30.3 Å². The SMILES string of the molecule is N[C@@H](C(=O)N(CC1CC1)CC1CC1)c1ccccc1. The molecule has 0 heterocycles. The molecule has 0 aromatic heterocycles. The highest BCUT2D eigenvalue weighted by atomic mass is 16.2. The molecular weight excluding hydrogens is 236 g/mol. The smallest absolute Gasteiger partial charge is 0.244 e. The summed E-state index contributed by atoms with van der Waals surface area (Å²) >= 11 is 0. The van der Waals surface area contributed by atoms with Gasteiger partial charge in [0.05, 0.1) is 0 Å². The van der Waals surface area contributed by atoms with Gasteiger partial charge in [-0.25, -0.2) is 0 Å². The zero-order valence-corrected chi connectivity index (χ0v) is 11.3. The normalized spacial score (nSPS) is 20.1. The third kappa shape index (κ3) is 3.35. The van der Waals surface area contributed by atoms with Gasteiger partial charge in [0.2, 0.25) is 5.91 Å². The molecule has 0 radical (unpaired) electrons. The van der Waals surface area contributed by atoms with E-state index in [1.165, 1.54) is 25.7 Å². The predicted octanol–water partition coefficient (Wildman–Crippen LogP) is 2.33. The first-order chi connectivity index (χ1) is 9.24. The summed E-state index contributed by atoms with van der Waals surface area (Å²) in [5.74, 6) is 1.56. The third-order valence-electron chi connectivity index (χ3n) is 4.09. The van der Waals surface area contributed by atoms with Crippen molar-refractivity contribution in [2.45, 2.75) is 31.7 Å². The van der Waals surface area contributed by atoms with Crippen LogP contribution in [0.1, 0.15) is 37.3 Å². The van der Waals surface area contributed by atoms with E-state index in [0.29, 0.717) is 0 Å². The molecule has 2 aliphatic carbocycles. The Hall–Kier alpha value is -1.35. The topological polar surface area (TPSA) is 46.3 Å². The van der Waals surface area contributed by atoms with Gasteiger partial charge in [-0.05, 0) is 43.1 Å². The first-order valence-corrected chi connectivity index (χ1v) is 7.33. The maximum absolute atomic E-state index is 12.6. The number of hydrogen-bond donors (Lipinski definition) is 1. The molecule has 2 aliphatic rings. The Morgan fingerprint density at radius 1 is 1.11 bits per heavy atom. The summed E-state index contributed by atoms with van der Waals surface area (Å²) in [6.07, 6.45) is 5.09. The Balaban J connectivity index is 1.67. The highest BCUT2D eigenvalue weighted by Crippen LogP contribution is 2.34. The highest BCUT2D eigenvalue weighted by Gasteiger charge is 2.33. The van der Waals surface area contributed by atoms with Crippen molar-refractivity contribution in [3.63, 3.8) is 0 Å². The molecule has 2 saturated carbocycles. The van der Waals surface area contributed by atoms with Crippen LogP contribution in [0.2, 0.25) is 0 Å². The van der Waals surface area contributed by atoms with Crippen molar-refractivity contribution in [1.82, 2.24) is 4.90 Å². The summed E-state index contributed by atoms with van der Waals surface area (Å²) in [6.45, 7) is 1.83. The molecule has 0 spiro atoms. The number of carbonyl (C=O) groups is 1. The van der Waals surface area contributed by atoms with Crippen molar-refractivity contribution >= 4 is 5.91 Å². The summed E-state index contributed by atoms with van der Waals surface area (Å²) in [4.78, 5) is 14.6. The first-order valence-electron chi connectivity index (χ1n) is 7.33. The van der Waals surface area contributed by atoms with Crippen molar-refractivity contribution in [2.24, 2.45) is 17.6 Å². The van der Waals surface area contributed by atoms with Crippen LogP contribution in [-0.2, 0) is 4.79 Å². The van der Waals surface area contributed by atoms with Crippen LogP contribution >= 0.6 is 0 Å². The number of nitrogens with zero attached hydrogens (tertiary/aromatic N) is 1. The lowest BCUT2D eigenvalue weighted by atomic mass is 10.1. The van der Waals surface area contributed by atoms with Crippen molar-refractivity contribution in [2.75, 3.05) is 13.1 Å². The molecule has 1 aromatic rings. The van der Waals surface area contributed by atoms with Crippen LogP contribution < -0.4 is 5.73 Å². The average Bonchev–Trinajstić information content (AvgIpc) is 3.32. The quantitative estimate of drug-likeness (QED) is 0.851. The lowest BCUT2D eigenvalue weighted by Crippen LogP contribution is -2.41. The summed E-state index contributed by atoms with van der Waals surface area (Å²) < 4.78 is 0. The molecule has 102 valence electrons. The Morgan fingerprint density at radius 2 is 1.63 bits per heavy atom. The van der Waals surface area contributed by atoms with Crippen LogP contribution in [0.5, 0.6) is 0 Å². The second-order valence-corrected chi connectivity index (χ2v) is 6.02. The van der Waals surface area contributed by atoms with E-state index in [1.54, 1.807) is 0 Å². The summed E-state index contributed by atoms with van der Waals surface area (Å²) in [5, 5.41) is 0. The van der Waals surface area contributed by atoms with Gasteiger partial charge in [-0.15, -0.1) is 0 Å². The Labute approximate surface area is 114 Å². The van der Waals surface area contributed by atoms with Crippen molar-refractivity contribution < 1.29 is 4.79 Å². The number of benzene rings is 1. The molecule has 0 bridgehead atoms. The summed E-state index contributed by atoms with van der Waals surface area (Å²) in [5.41, 5.74) is 7.06. The lowest BCUT2D eigenvalue weighted by Gasteiger charge is -2.26. The molecule has 3 nitrogen and oxygen atoms in total. The molecule has 2 N–H and O–H groups in total. The number of nitrogens with two attached hydrogens (primary N) is 1. The Morgan fingerprint density at radius 3 is 2.11 bits per heavy atom. The van der Waals surface area contributed by atoms with E-state index >= 15 is 0 Å². The van der Waals surface area contributed by atoms with Crippen molar-refractivity contribution in [3.8, 4) is 0 Å². The Bertz CT molecular complexity index is 423. The zero-order valence-electron chi connectivity index (χ0n) is 11.3. The maximum Gasteiger partial charge on any atom is 0.244 e. The maximum atomic E-state index is 12.6. The molecule has 3 heteroatoms. The minimum atomic E-state index is -0.501. The minimum Gasteiger partial charge on any atom is -0.340 e. The Kier molecular flexibility index (Phi) is 3.56. The second kappa shape index (κ2) is 5.33. The minimum absolute atomic E-state index is 0.102. The van der Waals surface area contributed by atoms with Gasteiger partial charge in [0, 0.05) is 13.1 Å². The molecule has 0 aliphatic heterocycles. The number of carbonyl (C=O) groups excluding carboxylic acids is 1. The van der Waals surface area contributed by atoms with Gasteiger partial charge >= 0.3 is 0 Å². The first kappa shape index (κ1) is 12.7. The fraction of sp³-hybridized carbons (Fsp3) is 0.562. The van der Waals surface area contributed by atoms with E-state index < -0.39 is 6.04 Å². The fourth-order valence-corrected chi connectivity index (χ4v) is 2.48. The van der Waals surface area contributed by atoms with E-state index in [1.807, 2.05) is 35.2 Å². The molecular formula is C16H22N2O. The number of amides is 1. The van der Waals surface area contributed by atoms with Crippen molar-refractivity contribution in [3.05, 3.63) is 35.9 Å². The largest absolute Gasteiger partial charge is 0.340 e. The van der Waals surface area contributed by atoms with Crippen molar-refractivity contribution in [1.29, 1.82) is 0 Å². The van der Waals surface area contributed by atoms with E-state index in [4.69, 9.17) is 5.73 Å². The summed E-state index contributed by atoms with van der Waals surface area (Å²) in [7, 11) is 0. The molecule has 0 unspecified atom stereocenters. The van der Waals surface area contributed by atoms with Gasteiger partial charge < -0.3 is 10.6 Å². The molecule has 1 aromatic carbocycles. The van der Waals surface area contributed by atoms with Crippen LogP contribution in [0.4, 0.5) is 0 Å². The highest BCUT2D eigenvalue weighted by molar-refractivity contribution is 5.83. The summed E-state index contributed by atoms with van der Waals surface area (Å²) in [6, 6.07) is 9.21. The van der Waals surface area contributed by atoms with Gasteiger partial charge in [-0.3, -0.25) is 4.79 Å². The molecule has 3 rings (SSSR count). The number of hydrogen-bond acceptors (Lipinski definition) is 2. The van der Waals surface area contributed by atoms with Crippen LogP contribution in [0.25, 0.3) is 0 Å². The van der Waals surface area contributed by atoms with Gasteiger partial charge in [0.1, 0.15) is 6.04 Å². The van der Waals surface area contributed by atoms with Gasteiger partial charge in [-0.2, -0.15) is 0 Å². The molecule has 1 atom stereocenters. The number of rotatable bonds is 6. The van der Waals surface area contributed by atoms with E-state index in [0.717, 1.165) is 30.5 Å². The predicted molar refractivity (Wildman–Crippen MR) is 75.4 cm³/mol. The van der Waals surface area contributed by atoms with Gasteiger partial charge in [-0.1, -0.05) is 30.3 Å². The van der Waals surface area contributed by atoms with Gasteiger partial charge in [0.15, 0.2) is 0 Å². The fourth-order valence-electron chi connectivity index (χ4n) is 2.48. The van der Waals surface area contributed by atoms with E-state index in [9.17, 15) is 4.79 Å².